The first-order valence-electron chi connectivity index (χ1n) is 7.12. The van der Waals surface area contributed by atoms with Crippen LogP contribution in [0.3, 0.4) is 0 Å². The first-order chi connectivity index (χ1) is 11.4. The summed E-state index contributed by atoms with van der Waals surface area (Å²) in [6.45, 7) is 0. The van der Waals surface area contributed by atoms with Crippen LogP contribution in [0.2, 0.25) is 0 Å². The smallest absolute Gasteiger partial charge is 0.321 e. The molecule has 3 N–H and O–H groups in total. The highest BCUT2D eigenvalue weighted by atomic mass is 19.1. The van der Waals surface area contributed by atoms with E-state index in [2.05, 4.69) is 10.4 Å². The molecule has 0 spiro atoms. The van der Waals surface area contributed by atoms with E-state index in [9.17, 15) is 9.18 Å². The Morgan fingerprint density at radius 3 is 2.79 bits per heavy atom. The summed E-state index contributed by atoms with van der Waals surface area (Å²) in [5.74, 6) is -0.188. The SMILES string of the molecule is CN(C)C(=O)Nc1cc(Oc2ccc(N)cc2F)c2ccnn2c1. The summed E-state index contributed by atoms with van der Waals surface area (Å²) in [6.07, 6.45) is 3.22. The predicted molar refractivity (Wildman–Crippen MR) is 88.8 cm³/mol. The van der Waals surface area contributed by atoms with Gasteiger partial charge >= 0.3 is 6.03 Å². The van der Waals surface area contributed by atoms with E-state index in [1.807, 2.05) is 0 Å². The van der Waals surface area contributed by atoms with Crippen LogP contribution in [0.5, 0.6) is 11.5 Å². The van der Waals surface area contributed by atoms with Crippen molar-refractivity contribution in [1.29, 1.82) is 0 Å². The van der Waals surface area contributed by atoms with Crippen molar-refractivity contribution in [3.05, 3.63) is 48.5 Å². The van der Waals surface area contributed by atoms with Gasteiger partial charge in [0.05, 0.1) is 18.1 Å². The first kappa shape index (κ1) is 15.6. The van der Waals surface area contributed by atoms with Gasteiger partial charge in [-0.1, -0.05) is 0 Å². The van der Waals surface area contributed by atoms with Crippen molar-refractivity contribution in [2.24, 2.45) is 0 Å². The Morgan fingerprint density at radius 2 is 2.08 bits per heavy atom. The minimum atomic E-state index is -0.574. The van der Waals surface area contributed by atoms with Gasteiger partial charge in [-0.15, -0.1) is 0 Å². The van der Waals surface area contributed by atoms with Gasteiger partial charge in [-0.05, 0) is 18.2 Å². The number of nitrogens with zero attached hydrogens (tertiary/aromatic N) is 3. The highest BCUT2D eigenvalue weighted by Gasteiger charge is 2.12. The summed E-state index contributed by atoms with van der Waals surface area (Å²) in [6, 6.07) is 7.20. The number of carbonyl (C=O) groups is 1. The van der Waals surface area contributed by atoms with Crippen LogP contribution in [0.15, 0.2) is 42.7 Å². The van der Waals surface area contributed by atoms with E-state index < -0.39 is 5.82 Å². The second-order valence-corrected chi connectivity index (χ2v) is 5.37. The normalized spacial score (nSPS) is 10.6. The van der Waals surface area contributed by atoms with Crippen molar-refractivity contribution < 1.29 is 13.9 Å². The Hall–Kier alpha value is -3.29. The van der Waals surface area contributed by atoms with E-state index in [1.165, 1.54) is 21.5 Å². The Bertz CT molecular complexity index is 907. The second-order valence-electron chi connectivity index (χ2n) is 5.37. The number of carbonyl (C=O) groups excluding carboxylic acids is 1. The summed E-state index contributed by atoms with van der Waals surface area (Å²) < 4.78 is 21.2. The number of nitrogen functional groups attached to an aromatic ring is 1. The number of pyridine rings is 1. The lowest BCUT2D eigenvalue weighted by Crippen LogP contribution is -2.27. The standard InChI is InChI=1S/C16H16FN5O2/c1-21(2)16(23)20-11-8-15(13-5-6-19-22(13)9-11)24-14-4-3-10(18)7-12(14)17/h3-9H,18H2,1-2H3,(H,20,23). The monoisotopic (exact) mass is 329 g/mol. The maximum Gasteiger partial charge on any atom is 0.321 e. The molecule has 24 heavy (non-hydrogen) atoms. The van der Waals surface area contributed by atoms with Gasteiger partial charge in [0.15, 0.2) is 17.3 Å². The molecule has 0 bridgehead atoms. The van der Waals surface area contributed by atoms with Crippen molar-refractivity contribution in [3.63, 3.8) is 0 Å². The number of rotatable bonds is 3. The second kappa shape index (κ2) is 6.07. The molecule has 0 unspecified atom stereocenters. The molecule has 0 saturated carbocycles. The molecular formula is C16H16FN5O2. The largest absolute Gasteiger partial charge is 0.452 e. The number of fused-ring (bicyclic) bond motifs is 1. The van der Waals surface area contributed by atoms with Crippen LogP contribution in [0.1, 0.15) is 0 Å². The van der Waals surface area contributed by atoms with Crippen LogP contribution in [-0.2, 0) is 0 Å². The quantitative estimate of drug-likeness (QED) is 0.724. The predicted octanol–water partition coefficient (Wildman–Crippen LogP) is 2.94. The third-order valence-corrected chi connectivity index (χ3v) is 3.30. The summed E-state index contributed by atoms with van der Waals surface area (Å²) in [5, 5.41) is 6.83. The van der Waals surface area contributed by atoms with E-state index in [0.717, 1.165) is 0 Å². The van der Waals surface area contributed by atoms with Gasteiger partial charge in [0.25, 0.3) is 0 Å². The van der Waals surface area contributed by atoms with E-state index in [4.69, 9.17) is 10.5 Å². The molecule has 7 nitrogen and oxygen atoms in total. The number of amides is 2. The van der Waals surface area contributed by atoms with E-state index in [-0.39, 0.29) is 11.8 Å². The van der Waals surface area contributed by atoms with Crippen molar-refractivity contribution in [2.75, 3.05) is 25.1 Å². The number of hydrogen-bond acceptors (Lipinski definition) is 4. The zero-order valence-corrected chi connectivity index (χ0v) is 13.2. The molecule has 0 aliphatic heterocycles. The molecule has 8 heteroatoms. The summed E-state index contributed by atoms with van der Waals surface area (Å²) >= 11 is 0. The number of urea groups is 1. The van der Waals surface area contributed by atoms with Crippen molar-refractivity contribution in [3.8, 4) is 11.5 Å². The molecule has 3 rings (SSSR count). The number of hydrogen-bond donors (Lipinski definition) is 2. The van der Waals surface area contributed by atoms with Gasteiger partial charge in [0.2, 0.25) is 0 Å². The maximum absolute atomic E-state index is 14.0. The van der Waals surface area contributed by atoms with Crippen LogP contribution < -0.4 is 15.8 Å². The Kier molecular flexibility index (Phi) is 3.95. The Labute approximate surface area is 137 Å². The van der Waals surface area contributed by atoms with E-state index in [0.29, 0.717) is 22.6 Å². The van der Waals surface area contributed by atoms with Crippen LogP contribution in [0.4, 0.5) is 20.6 Å². The van der Waals surface area contributed by atoms with Gasteiger partial charge in [-0.25, -0.2) is 13.7 Å². The molecule has 3 aromatic rings. The summed E-state index contributed by atoms with van der Waals surface area (Å²) in [4.78, 5) is 13.2. The van der Waals surface area contributed by atoms with Crippen LogP contribution in [0.25, 0.3) is 5.52 Å². The van der Waals surface area contributed by atoms with Crippen molar-refractivity contribution in [1.82, 2.24) is 14.5 Å². The van der Waals surface area contributed by atoms with Gasteiger partial charge in [0.1, 0.15) is 5.52 Å². The zero-order valence-electron chi connectivity index (χ0n) is 13.2. The number of aromatic nitrogens is 2. The lowest BCUT2D eigenvalue weighted by atomic mass is 10.3. The fourth-order valence-electron chi connectivity index (χ4n) is 2.10. The summed E-state index contributed by atoms with van der Waals surface area (Å²) in [7, 11) is 3.26. The lowest BCUT2D eigenvalue weighted by Gasteiger charge is -2.14. The molecule has 0 atom stereocenters. The highest BCUT2D eigenvalue weighted by Crippen LogP contribution is 2.31. The van der Waals surface area contributed by atoms with E-state index in [1.54, 1.807) is 44.7 Å². The minimum absolute atomic E-state index is 0.0309. The Morgan fingerprint density at radius 1 is 1.29 bits per heavy atom. The van der Waals surface area contributed by atoms with Crippen LogP contribution >= 0.6 is 0 Å². The van der Waals surface area contributed by atoms with Crippen LogP contribution in [-0.4, -0.2) is 34.6 Å². The molecule has 0 saturated heterocycles. The highest BCUT2D eigenvalue weighted by molar-refractivity contribution is 5.89. The molecule has 1 aromatic carbocycles. The van der Waals surface area contributed by atoms with Gasteiger partial charge in [0, 0.05) is 31.9 Å². The number of nitrogens with one attached hydrogen (secondary N) is 1. The van der Waals surface area contributed by atoms with Crippen molar-refractivity contribution in [2.45, 2.75) is 0 Å². The van der Waals surface area contributed by atoms with Gasteiger partial charge in [-0.2, -0.15) is 5.10 Å². The topological polar surface area (TPSA) is 84.9 Å². The molecule has 0 radical (unpaired) electrons. The molecule has 2 amide bonds. The first-order valence-corrected chi connectivity index (χ1v) is 7.12. The number of nitrogens with two attached hydrogens (primary N) is 1. The Balaban J connectivity index is 1.99. The molecule has 2 aromatic heterocycles. The fourth-order valence-corrected chi connectivity index (χ4v) is 2.10. The molecule has 0 aliphatic carbocycles. The number of anilines is 2. The fraction of sp³-hybridized carbons (Fsp3) is 0.125. The average molecular weight is 329 g/mol. The third-order valence-electron chi connectivity index (χ3n) is 3.30. The molecule has 0 aliphatic rings. The van der Waals surface area contributed by atoms with E-state index >= 15 is 0 Å². The van der Waals surface area contributed by atoms with Crippen LogP contribution in [0, 0.1) is 5.82 Å². The third kappa shape index (κ3) is 3.07. The maximum atomic E-state index is 14.0. The lowest BCUT2D eigenvalue weighted by molar-refractivity contribution is 0.230. The average Bonchev–Trinajstić information content (AvgIpc) is 2.98. The molecule has 2 heterocycles. The zero-order chi connectivity index (χ0) is 17.3. The number of benzene rings is 1. The number of ether oxygens (including phenoxy) is 1. The minimum Gasteiger partial charge on any atom is -0.452 e. The van der Waals surface area contributed by atoms with Gasteiger partial charge < -0.3 is 20.7 Å². The van der Waals surface area contributed by atoms with Crippen molar-refractivity contribution >= 4 is 22.9 Å². The van der Waals surface area contributed by atoms with Gasteiger partial charge in [-0.3, -0.25) is 0 Å². The molecule has 124 valence electrons. The molecule has 0 fully saturated rings. The summed E-state index contributed by atoms with van der Waals surface area (Å²) in [5.41, 5.74) is 6.95. The molecular weight excluding hydrogens is 313 g/mol. The number of halogens is 1.